The van der Waals surface area contributed by atoms with Gasteiger partial charge in [0.05, 0.1) is 0 Å². The average Bonchev–Trinajstić information content (AvgIpc) is 2.41. The highest BCUT2D eigenvalue weighted by Gasteiger charge is 2.07. The lowest BCUT2D eigenvalue weighted by Crippen LogP contribution is -2.14. The molecule has 2 aromatic carbocycles. The van der Waals surface area contributed by atoms with Gasteiger partial charge in [-0.3, -0.25) is 0 Å². The van der Waals surface area contributed by atoms with Crippen LogP contribution in [-0.4, -0.2) is 6.54 Å². The van der Waals surface area contributed by atoms with E-state index in [-0.39, 0.29) is 0 Å². The molecule has 21 heavy (non-hydrogen) atoms. The quantitative estimate of drug-likeness (QED) is 0.655. The van der Waals surface area contributed by atoms with Gasteiger partial charge in [0.1, 0.15) is 11.5 Å². The molecule has 0 amide bonds. The van der Waals surface area contributed by atoms with E-state index in [9.17, 15) is 0 Å². The third kappa shape index (κ3) is 5.08. The monoisotopic (exact) mass is 343 g/mol. The van der Waals surface area contributed by atoms with Crippen LogP contribution in [0.1, 0.15) is 18.9 Å². The van der Waals surface area contributed by atoms with Crippen molar-refractivity contribution in [3.63, 3.8) is 0 Å². The predicted molar refractivity (Wildman–Crippen MR) is 90.0 cm³/mol. The van der Waals surface area contributed by atoms with Crippen LogP contribution in [0.4, 0.5) is 0 Å². The van der Waals surface area contributed by atoms with Crippen LogP contribution >= 0.6 is 34.8 Å². The van der Waals surface area contributed by atoms with E-state index >= 15 is 0 Å². The summed E-state index contributed by atoms with van der Waals surface area (Å²) in [6.45, 7) is 3.75. The zero-order valence-electron chi connectivity index (χ0n) is 11.6. The van der Waals surface area contributed by atoms with Crippen LogP contribution in [-0.2, 0) is 6.54 Å². The molecule has 0 aliphatic rings. The van der Waals surface area contributed by atoms with Gasteiger partial charge in [-0.2, -0.15) is 0 Å². The van der Waals surface area contributed by atoms with Gasteiger partial charge in [0.25, 0.3) is 0 Å². The van der Waals surface area contributed by atoms with Crippen molar-refractivity contribution in [1.82, 2.24) is 5.32 Å². The van der Waals surface area contributed by atoms with Gasteiger partial charge in [0.15, 0.2) is 0 Å². The van der Waals surface area contributed by atoms with Crippen molar-refractivity contribution >= 4 is 34.8 Å². The van der Waals surface area contributed by atoms with E-state index in [1.54, 1.807) is 24.3 Å². The Morgan fingerprint density at radius 2 is 1.67 bits per heavy atom. The number of halogens is 3. The first-order chi connectivity index (χ1) is 10.1. The zero-order chi connectivity index (χ0) is 15.2. The second-order valence-electron chi connectivity index (χ2n) is 4.64. The third-order valence-electron chi connectivity index (χ3n) is 2.83. The summed E-state index contributed by atoms with van der Waals surface area (Å²) in [5, 5.41) is 5.10. The summed E-state index contributed by atoms with van der Waals surface area (Å²) in [5.41, 5.74) is 0.993. The molecule has 112 valence electrons. The Morgan fingerprint density at radius 1 is 0.952 bits per heavy atom. The molecule has 0 aliphatic heterocycles. The molecule has 5 heteroatoms. The van der Waals surface area contributed by atoms with E-state index in [2.05, 4.69) is 12.2 Å². The van der Waals surface area contributed by atoms with Gasteiger partial charge in [-0.1, -0.05) is 41.7 Å². The van der Waals surface area contributed by atoms with E-state index in [1.807, 2.05) is 12.1 Å². The fraction of sp³-hybridized carbons (Fsp3) is 0.250. The number of ether oxygens (including phenoxy) is 1. The molecule has 2 nitrogen and oxygen atoms in total. The van der Waals surface area contributed by atoms with Crippen LogP contribution in [0.15, 0.2) is 36.4 Å². The van der Waals surface area contributed by atoms with E-state index in [0.29, 0.717) is 27.4 Å². The highest BCUT2D eigenvalue weighted by atomic mass is 35.5. The second kappa shape index (κ2) is 7.90. The molecule has 0 fully saturated rings. The average molecular weight is 345 g/mol. The van der Waals surface area contributed by atoms with Crippen LogP contribution < -0.4 is 10.1 Å². The largest absolute Gasteiger partial charge is 0.457 e. The van der Waals surface area contributed by atoms with E-state index < -0.39 is 0 Å². The standard InChI is InChI=1S/C16H16Cl3NO/c1-2-5-20-10-11-6-12(17)3-4-16(11)21-15-8-13(18)7-14(19)9-15/h3-4,6-9,20H,2,5,10H2,1H3. The molecule has 0 radical (unpaired) electrons. The first kappa shape index (κ1) is 16.4. The molecular weight excluding hydrogens is 329 g/mol. The van der Waals surface area contributed by atoms with Gasteiger partial charge < -0.3 is 10.1 Å². The Hall–Kier alpha value is -0.930. The fourth-order valence-corrected chi connectivity index (χ4v) is 2.60. The summed E-state index contributed by atoms with van der Waals surface area (Å²) >= 11 is 18.0. The predicted octanol–water partition coefficient (Wildman–Crippen LogP) is 5.94. The summed E-state index contributed by atoms with van der Waals surface area (Å²) in [5.74, 6) is 1.34. The molecular formula is C16H16Cl3NO. The van der Waals surface area contributed by atoms with Crippen molar-refractivity contribution < 1.29 is 4.74 Å². The summed E-state index contributed by atoms with van der Waals surface area (Å²) in [6.07, 6.45) is 1.07. The van der Waals surface area contributed by atoms with Crippen molar-refractivity contribution in [3.05, 3.63) is 57.0 Å². The molecule has 1 N–H and O–H groups in total. The van der Waals surface area contributed by atoms with Crippen LogP contribution in [0.25, 0.3) is 0 Å². The molecule has 0 spiro atoms. The van der Waals surface area contributed by atoms with Gasteiger partial charge >= 0.3 is 0 Å². The van der Waals surface area contributed by atoms with E-state index in [1.165, 1.54) is 0 Å². The Morgan fingerprint density at radius 3 is 2.33 bits per heavy atom. The first-order valence-corrected chi connectivity index (χ1v) is 7.85. The van der Waals surface area contributed by atoms with Gasteiger partial charge in [-0.25, -0.2) is 0 Å². The molecule has 0 aromatic heterocycles. The molecule has 0 aliphatic carbocycles. The van der Waals surface area contributed by atoms with Crippen molar-refractivity contribution in [1.29, 1.82) is 0 Å². The Bertz CT molecular complexity index is 596. The minimum Gasteiger partial charge on any atom is -0.457 e. The van der Waals surface area contributed by atoms with Crippen LogP contribution in [0, 0.1) is 0 Å². The Balaban J connectivity index is 2.21. The third-order valence-corrected chi connectivity index (χ3v) is 3.50. The maximum Gasteiger partial charge on any atom is 0.132 e. The number of nitrogens with one attached hydrogen (secondary N) is 1. The van der Waals surface area contributed by atoms with Crippen LogP contribution in [0.2, 0.25) is 15.1 Å². The topological polar surface area (TPSA) is 21.3 Å². The Labute approximate surface area is 140 Å². The van der Waals surface area contributed by atoms with E-state index in [0.717, 1.165) is 24.3 Å². The van der Waals surface area contributed by atoms with Crippen LogP contribution in [0.5, 0.6) is 11.5 Å². The molecule has 0 unspecified atom stereocenters. The summed E-state index contributed by atoms with van der Waals surface area (Å²) in [4.78, 5) is 0. The van der Waals surface area contributed by atoms with Crippen molar-refractivity contribution in [2.45, 2.75) is 19.9 Å². The minimum atomic E-state index is 0.539. The first-order valence-electron chi connectivity index (χ1n) is 6.71. The summed E-state index contributed by atoms with van der Waals surface area (Å²) in [7, 11) is 0. The molecule has 0 bridgehead atoms. The number of benzene rings is 2. The molecule has 0 saturated carbocycles. The lowest BCUT2D eigenvalue weighted by molar-refractivity contribution is 0.473. The Kier molecular flexibility index (Phi) is 6.19. The maximum atomic E-state index is 6.06. The van der Waals surface area contributed by atoms with Gasteiger partial charge in [0.2, 0.25) is 0 Å². The summed E-state index contributed by atoms with van der Waals surface area (Å²) < 4.78 is 5.89. The lowest BCUT2D eigenvalue weighted by Gasteiger charge is -2.13. The second-order valence-corrected chi connectivity index (χ2v) is 5.95. The van der Waals surface area contributed by atoms with Gasteiger partial charge in [-0.15, -0.1) is 0 Å². The molecule has 2 rings (SSSR count). The molecule has 0 saturated heterocycles. The normalized spacial score (nSPS) is 10.7. The summed E-state index contributed by atoms with van der Waals surface area (Å²) in [6, 6.07) is 10.7. The molecule has 2 aromatic rings. The molecule has 0 heterocycles. The maximum absolute atomic E-state index is 6.06. The van der Waals surface area contributed by atoms with Gasteiger partial charge in [0, 0.05) is 27.2 Å². The SMILES string of the molecule is CCCNCc1cc(Cl)ccc1Oc1cc(Cl)cc(Cl)c1. The van der Waals surface area contributed by atoms with Gasteiger partial charge in [-0.05, 0) is 49.4 Å². The number of hydrogen-bond acceptors (Lipinski definition) is 2. The van der Waals surface area contributed by atoms with Crippen molar-refractivity contribution in [2.75, 3.05) is 6.54 Å². The highest BCUT2D eigenvalue weighted by Crippen LogP contribution is 2.31. The van der Waals surface area contributed by atoms with Crippen molar-refractivity contribution in [2.24, 2.45) is 0 Å². The molecule has 0 atom stereocenters. The lowest BCUT2D eigenvalue weighted by atomic mass is 10.2. The zero-order valence-corrected chi connectivity index (χ0v) is 13.9. The smallest absolute Gasteiger partial charge is 0.132 e. The highest BCUT2D eigenvalue weighted by molar-refractivity contribution is 6.34. The number of rotatable bonds is 6. The minimum absolute atomic E-state index is 0.539. The fourth-order valence-electron chi connectivity index (χ4n) is 1.90. The number of hydrogen-bond donors (Lipinski definition) is 1. The van der Waals surface area contributed by atoms with E-state index in [4.69, 9.17) is 39.5 Å². The van der Waals surface area contributed by atoms with Crippen molar-refractivity contribution in [3.8, 4) is 11.5 Å². The van der Waals surface area contributed by atoms with Crippen LogP contribution in [0.3, 0.4) is 0 Å².